The molecule has 1 atom stereocenters. The highest BCUT2D eigenvalue weighted by molar-refractivity contribution is 7.89. The number of nitrogens with zero attached hydrogens (tertiary/aromatic N) is 1. The smallest absolute Gasteiger partial charge is 0.296 e. The van der Waals surface area contributed by atoms with Crippen LogP contribution in [0.15, 0.2) is 27.9 Å². The highest BCUT2D eigenvalue weighted by Crippen LogP contribution is 2.24. The number of aromatic nitrogens is 1. The summed E-state index contributed by atoms with van der Waals surface area (Å²) in [6.07, 6.45) is 0.721. The fourth-order valence-electron chi connectivity index (χ4n) is 2.09. The molecule has 2 aromatic rings. The lowest BCUT2D eigenvalue weighted by Crippen LogP contribution is -2.31. The van der Waals surface area contributed by atoms with E-state index >= 15 is 0 Å². The highest BCUT2D eigenvalue weighted by atomic mass is 32.2. The van der Waals surface area contributed by atoms with Crippen molar-refractivity contribution in [2.45, 2.75) is 51.1 Å². The normalized spacial score (nSPS) is 14.0. The Morgan fingerprint density at radius 1 is 1.29 bits per heavy atom. The molecule has 0 spiro atoms. The van der Waals surface area contributed by atoms with Crippen molar-refractivity contribution in [3.8, 4) is 0 Å². The maximum atomic E-state index is 12.3. The van der Waals surface area contributed by atoms with Crippen molar-refractivity contribution in [2.24, 2.45) is 0 Å². The predicted molar refractivity (Wildman–Crippen MR) is 86.5 cm³/mol. The molecule has 116 valence electrons. The summed E-state index contributed by atoms with van der Waals surface area (Å²) in [7, 11) is -3.54. The first-order valence-electron chi connectivity index (χ1n) is 6.93. The summed E-state index contributed by atoms with van der Waals surface area (Å²) >= 11 is 1.08. The van der Waals surface area contributed by atoms with Crippen molar-refractivity contribution >= 4 is 31.6 Å². The summed E-state index contributed by atoms with van der Waals surface area (Å²) in [5.41, 5.74) is 0.780. The third-order valence-corrected chi connectivity index (χ3v) is 5.89. The molecule has 0 aliphatic carbocycles. The molecule has 1 aromatic carbocycles. The van der Waals surface area contributed by atoms with E-state index in [1.165, 1.54) is 0 Å². The molecule has 1 N–H and O–H groups in total. The van der Waals surface area contributed by atoms with Crippen LogP contribution in [0.1, 0.15) is 40.2 Å². The third-order valence-electron chi connectivity index (χ3n) is 3.38. The van der Waals surface area contributed by atoms with Crippen LogP contribution in [0.5, 0.6) is 0 Å². The lowest BCUT2D eigenvalue weighted by Gasteiger charge is -2.12. The van der Waals surface area contributed by atoms with Gasteiger partial charge in [-0.25, -0.2) is 13.1 Å². The summed E-state index contributed by atoms with van der Waals surface area (Å²) in [6, 6.07) is 4.76. The molecule has 0 aliphatic heterocycles. The summed E-state index contributed by atoms with van der Waals surface area (Å²) in [6.45, 7) is 7.61. The van der Waals surface area contributed by atoms with Gasteiger partial charge in [0.1, 0.15) is 0 Å². The summed E-state index contributed by atoms with van der Waals surface area (Å²) in [4.78, 5) is 12.1. The number of benzene rings is 1. The Morgan fingerprint density at radius 2 is 1.95 bits per heavy atom. The van der Waals surface area contributed by atoms with Gasteiger partial charge < -0.3 is 0 Å². The minimum Gasteiger partial charge on any atom is -0.296 e. The Labute approximate surface area is 128 Å². The molecule has 7 heteroatoms. The van der Waals surface area contributed by atoms with E-state index in [4.69, 9.17) is 0 Å². The average Bonchev–Trinajstić information content (AvgIpc) is 2.72. The monoisotopic (exact) mass is 328 g/mol. The standard InChI is InChI=1S/C14H20N2O3S2/c1-5-10(4)15-21(18,19)11-6-7-12-13(8-11)20-14(17)16(12)9(2)3/h6-10,15H,5H2,1-4H3. The van der Waals surface area contributed by atoms with Gasteiger partial charge in [0.25, 0.3) is 0 Å². The van der Waals surface area contributed by atoms with Gasteiger partial charge >= 0.3 is 4.87 Å². The third kappa shape index (κ3) is 3.20. The van der Waals surface area contributed by atoms with Gasteiger partial charge in [0, 0.05) is 12.1 Å². The SMILES string of the molecule is CCC(C)NS(=O)(=O)c1ccc2c(c1)sc(=O)n2C(C)C. The van der Waals surface area contributed by atoms with E-state index in [0.717, 1.165) is 23.3 Å². The number of hydrogen-bond donors (Lipinski definition) is 1. The van der Waals surface area contributed by atoms with Crippen molar-refractivity contribution in [3.05, 3.63) is 27.9 Å². The molecule has 2 rings (SSSR count). The van der Waals surface area contributed by atoms with Gasteiger partial charge in [-0.15, -0.1) is 0 Å². The summed E-state index contributed by atoms with van der Waals surface area (Å²) in [5, 5.41) is 0. The molecule has 0 saturated heterocycles. The number of thiazole rings is 1. The van der Waals surface area contributed by atoms with E-state index in [9.17, 15) is 13.2 Å². The number of rotatable bonds is 5. The molecular formula is C14H20N2O3S2. The minimum atomic E-state index is -3.54. The van der Waals surface area contributed by atoms with Crippen molar-refractivity contribution in [1.29, 1.82) is 0 Å². The minimum absolute atomic E-state index is 0.0481. The number of hydrogen-bond acceptors (Lipinski definition) is 4. The molecule has 5 nitrogen and oxygen atoms in total. The number of fused-ring (bicyclic) bond motifs is 1. The Bertz CT molecular complexity index is 803. The Hall–Kier alpha value is -1.18. The molecule has 1 unspecified atom stereocenters. The van der Waals surface area contributed by atoms with Crippen LogP contribution in [0.2, 0.25) is 0 Å². The van der Waals surface area contributed by atoms with Gasteiger partial charge in [-0.2, -0.15) is 0 Å². The summed E-state index contributed by atoms with van der Waals surface area (Å²) in [5.74, 6) is 0. The fraction of sp³-hybridized carbons (Fsp3) is 0.500. The fourth-order valence-corrected chi connectivity index (χ4v) is 4.57. The van der Waals surface area contributed by atoms with Crippen molar-refractivity contribution in [3.63, 3.8) is 0 Å². The zero-order valence-electron chi connectivity index (χ0n) is 12.6. The molecule has 1 aromatic heterocycles. The zero-order chi connectivity index (χ0) is 15.8. The summed E-state index contributed by atoms with van der Waals surface area (Å²) < 4.78 is 29.6. The van der Waals surface area contributed by atoms with E-state index in [1.54, 1.807) is 22.8 Å². The van der Waals surface area contributed by atoms with E-state index < -0.39 is 10.0 Å². The molecular weight excluding hydrogens is 308 g/mol. The second-order valence-electron chi connectivity index (χ2n) is 5.39. The maximum Gasteiger partial charge on any atom is 0.308 e. The lowest BCUT2D eigenvalue weighted by molar-refractivity contribution is 0.556. The van der Waals surface area contributed by atoms with Gasteiger partial charge in [0.2, 0.25) is 10.0 Å². The van der Waals surface area contributed by atoms with E-state index in [2.05, 4.69) is 4.72 Å². The molecule has 0 fully saturated rings. The molecule has 1 heterocycles. The van der Waals surface area contributed by atoms with Crippen molar-refractivity contribution in [2.75, 3.05) is 0 Å². The number of nitrogens with one attached hydrogen (secondary N) is 1. The van der Waals surface area contributed by atoms with Gasteiger partial charge in [0.15, 0.2) is 0 Å². The van der Waals surface area contributed by atoms with E-state index in [0.29, 0.717) is 4.70 Å². The van der Waals surface area contributed by atoms with Gasteiger partial charge in [0.05, 0.1) is 15.1 Å². The topological polar surface area (TPSA) is 68.2 Å². The quantitative estimate of drug-likeness (QED) is 0.917. The average molecular weight is 328 g/mol. The van der Waals surface area contributed by atoms with Crippen LogP contribution in [-0.4, -0.2) is 19.0 Å². The van der Waals surface area contributed by atoms with Crippen LogP contribution in [-0.2, 0) is 10.0 Å². The molecule has 21 heavy (non-hydrogen) atoms. The van der Waals surface area contributed by atoms with Gasteiger partial charge in [-0.3, -0.25) is 9.36 Å². The first-order chi connectivity index (χ1) is 9.76. The van der Waals surface area contributed by atoms with Crippen molar-refractivity contribution < 1.29 is 8.42 Å². The second-order valence-corrected chi connectivity index (χ2v) is 8.10. The van der Waals surface area contributed by atoms with Crippen LogP contribution in [0.25, 0.3) is 10.2 Å². The van der Waals surface area contributed by atoms with Gasteiger partial charge in [-0.05, 0) is 45.4 Å². The largest absolute Gasteiger partial charge is 0.308 e. The lowest BCUT2D eigenvalue weighted by atomic mass is 10.3. The van der Waals surface area contributed by atoms with Gasteiger partial charge in [-0.1, -0.05) is 18.3 Å². The zero-order valence-corrected chi connectivity index (χ0v) is 14.2. The van der Waals surface area contributed by atoms with Crippen LogP contribution in [0.3, 0.4) is 0 Å². The Balaban J connectivity index is 2.52. The Kier molecular flexibility index (Phi) is 4.55. The van der Waals surface area contributed by atoms with Crippen LogP contribution >= 0.6 is 11.3 Å². The Morgan fingerprint density at radius 3 is 2.52 bits per heavy atom. The first kappa shape index (κ1) is 16.2. The molecule has 0 radical (unpaired) electrons. The van der Waals surface area contributed by atoms with E-state index in [1.807, 2.05) is 27.7 Å². The maximum absolute atomic E-state index is 12.3. The molecule has 0 bridgehead atoms. The first-order valence-corrected chi connectivity index (χ1v) is 9.23. The van der Waals surface area contributed by atoms with Crippen molar-refractivity contribution in [1.82, 2.24) is 9.29 Å². The van der Waals surface area contributed by atoms with E-state index in [-0.39, 0.29) is 21.9 Å². The molecule has 0 aliphatic rings. The van der Waals surface area contributed by atoms with Crippen LogP contribution in [0.4, 0.5) is 0 Å². The number of sulfonamides is 1. The highest BCUT2D eigenvalue weighted by Gasteiger charge is 2.19. The second kappa shape index (κ2) is 5.90. The van der Waals surface area contributed by atoms with Crippen LogP contribution in [0, 0.1) is 0 Å². The van der Waals surface area contributed by atoms with Crippen LogP contribution < -0.4 is 9.60 Å². The molecule has 0 saturated carbocycles. The molecule has 0 amide bonds. The predicted octanol–water partition coefficient (Wildman–Crippen LogP) is 2.72.